The van der Waals surface area contributed by atoms with E-state index in [4.69, 9.17) is 16.3 Å². The maximum atomic E-state index is 12.9. The number of carbonyl (C=O) groups is 2. The highest BCUT2D eigenvalue weighted by Crippen LogP contribution is 2.25. The van der Waals surface area contributed by atoms with Crippen LogP contribution in [0.1, 0.15) is 40.5 Å². The van der Waals surface area contributed by atoms with Gasteiger partial charge in [-0.25, -0.2) is 9.78 Å². The molecule has 1 aliphatic rings. The predicted molar refractivity (Wildman–Crippen MR) is 114 cm³/mol. The molecule has 0 radical (unpaired) electrons. The summed E-state index contributed by atoms with van der Waals surface area (Å²) in [5.41, 5.74) is 1.40. The van der Waals surface area contributed by atoms with E-state index in [0.717, 1.165) is 25.9 Å². The number of amides is 1. The summed E-state index contributed by atoms with van der Waals surface area (Å²) in [7, 11) is 1.33. The lowest BCUT2D eigenvalue weighted by atomic mass is 9.91. The van der Waals surface area contributed by atoms with Crippen LogP contribution in [0.5, 0.6) is 0 Å². The van der Waals surface area contributed by atoms with Gasteiger partial charge in [0.05, 0.1) is 23.3 Å². The first-order chi connectivity index (χ1) is 14.0. The Morgan fingerprint density at radius 2 is 2.00 bits per heavy atom. The largest absolute Gasteiger partial charge is 0.465 e. The monoisotopic (exact) mass is 416 g/mol. The minimum absolute atomic E-state index is 0.144. The molecule has 29 heavy (non-hydrogen) atoms. The van der Waals surface area contributed by atoms with Crippen LogP contribution in [0.3, 0.4) is 0 Å². The Morgan fingerprint density at radius 3 is 2.66 bits per heavy atom. The number of hydrogen-bond acceptors (Lipinski definition) is 6. The average Bonchev–Trinajstić information content (AvgIpc) is 2.75. The molecule has 1 aromatic carbocycles. The number of halogens is 1. The number of benzene rings is 1. The van der Waals surface area contributed by atoms with Gasteiger partial charge in [-0.1, -0.05) is 11.6 Å². The first-order valence-electron chi connectivity index (χ1n) is 9.60. The van der Waals surface area contributed by atoms with Crippen LogP contribution in [-0.2, 0) is 4.74 Å². The Balaban J connectivity index is 1.84. The Bertz CT molecular complexity index is 867. The third-order valence-electron chi connectivity index (χ3n) is 5.13. The molecule has 2 heterocycles. The number of nitrogens with one attached hydrogen (secondary N) is 3. The van der Waals surface area contributed by atoms with Gasteiger partial charge in [0.25, 0.3) is 5.91 Å². The highest BCUT2D eigenvalue weighted by atomic mass is 35.5. The van der Waals surface area contributed by atoms with Crippen LogP contribution in [0.15, 0.2) is 36.5 Å². The normalized spacial score (nSPS) is 15.4. The molecule has 1 aliphatic heterocycles. The van der Waals surface area contributed by atoms with Crippen molar-refractivity contribution in [2.24, 2.45) is 5.92 Å². The van der Waals surface area contributed by atoms with E-state index in [-0.39, 0.29) is 11.9 Å². The molecule has 8 heteroatoms. The lowest BCUT2D eigenvalue weighted by molar-refractivity contribution is 0.0600. The number of anilines is 2. The van der Waals surface area contributed by atoms with Crippen molar-refractivity contribution >= 4 is 35.0 Å². The SMILES string of the molecule is COC(=O)c1ccc(C(=O)Nc2ccc(Cl)cn2)c(NC(C)C2CCNCC2)c1. The number of carbonyl (C=O) groups excluding carboxylic acids is 2. The molecule has 2 aromatic rings. The average molecular weight is 417 g/mol. The highest BCUT2D eigenvalue weighted by Gasteiger charge is 2.22. The fourth-order valence-corrected chi connectivity index (χ4v) is 3.56. The van der Waals surface area contributed by atoms with Gasteiger partial charge in [0.15, 0.2) is 0 Å². The van der Waals surface area contributed by atoms with Gasteiger partial charge in [0.2, 0.25) is 0 Å². The Hall–Kier alpha value is -2.64. The van der Waals surface area contributed by atoms with Crippen LogP contribution in [-0.4, -0.2) is 43.1 Å². The van der Waals surface area contributed by atoms with Crippen LogP contribution in [0.2, 0.25) is 5.02 Å². The fourth-order valence-electron chi connectivity index (χ4n) is 3.45. The van der Waals surface area contributed by atoms with Crippen LogP contribution in [0.25, 0.3) is 0 Å². The number of ether oxygens (including phenoxy) is 1. The van der Waals surface area contributed by atoms with Gasteiger partial charge < -0.3 is 20.7 Å². The Morgan fingerprint density at radius 1 is 1.24 bits per heavy atom. The van der Waals surface area contributed by atoms with Crippen molar-refractivity contribution in [1.29, 1.82) is 0 Å². The minimum Gasteiger partial charge on any atom is -0.465 e. The first kappa shape index (κ1) is 21.1. The maximum Gasteiger partial charge on any atom is 0.337 e. The molecule has 0 saturated carbocycles. The standard InChI is InChI=1S/C21H25ClN4O3/c1-13(14-7-9-23-10-8-14)25-18-11-15(21(28)29-2)3-5-17(18)20(27)26-19-6-4-16(22)12-24-19/h3-6,11-14,23,25H,7-10H2,1-2H3,(H,24,26,27). The van der Waals surface area contributed by atoms with Crippen molar-refractivity contribution < 1.29 is 14.3 Å². The van der Waals surface area contributed by atoms with Gasteiger partial charge in [-0.15, -0.1) is 0 Å². The Labute approximate surface area is 175 Å². The zero-order valence-electron chi connectivity index (χ0n) is 16.5. The molecular weight excluding hydrogens is 392 g/mol. The number of piperidine rings is 1. The van der Waals surface area contributed by atoms with Crippen molar-refractivity contribution in [2.75, 3.05) is 30.8 Å². The number of pyridine rings is 1. The number of methoxy groups -OCH3 is 1. The summed E-state index contributed by atoms with van der Waals surface area (Å²) in [6, 6.07) is 8.29. The molecule has 1 saturated heterocycles. The van der Waals surface area contributed by atoms with E-state index >= 15 is 0 Å². The van der Waals surface area contributed by atoms with E-state index in [1.807, 2.05) is 0 Å². The molecule has 1 unspecified atom stereocenters. The van der Waals surface area contributed by atoms with Crippen molar-refractivity contribution in [1.82, 2.24) is 10.3 Å². The smallest absolute Gasteiger partial charge is 0.337 e. The van der Waals surface area contributed by atoms with Crippen LogP contribution in [0.4, 0.5) is 11.5 Å². The van der Waals surface area contributed by atoms with Gasteiger partial charge in [0.1, 0.15) is 5.82 Å². The Kier molecular flexibility index (Phi) is 7.06. The van der Waals surface area contributed by atoms with Gasteiger partial charge in [-0.05, 0) is 69.1 Å². The van der Waals surface area contributed by atoms with Crippen molar-refractivity contribution in [2.45, 2.75) is 25.8 Å². The van der Waals surface area contributed by atoms with Gasteiger partial charge in [0, 0.05) is 17.9 Å². The second kappa shape index (κ2) is 9.71. The highest BCUT2D eigenvalue weighted by molar-refractivity contribution is 6.30. The quantitative estimate of drug-likeness (QED) is 0.623. The summed E-state index contributed by atoms with van der Waals surface area (Å²) in [5.74, 6) is 0.103. The lowest BCUT2D eigenvalue weighted by Crippen LogP contribution is -2.36. The summed E-state index contributed by atoms with van der Waals surface area (Å²) >= 11 is 5.85. The van der Waals surface area contributed by atoms with E-state index in [2.05, 4.69) is 27.9 Å². The number of rotatable bonds is 6. The van der Waals surface area contributed by atoms with Crippen molar-refractivity contribution in [3.8, 4) is 0 Å². The molecule has 154 valence electrons. The van der Waals surface area contributed by atoms with E-state index in [1.165, 1.54) is 13.3 Å². The molecule has 1 amide bonds. The summed E-state index contributed by atoms with van der Waals surface area (Å²) < 4.78 is 4.82. The van der Waals surface area contributed by atoms with Crippen LogP contribution < -0.4 is 16.0 Å². The summed E-state index contributed by atoms with van der Waals surface area (Å²) in [6.07, 6.45) is 3.58. The van der Waals surface area contributed by atoms with E-state index in [9.17, 15) is 9.59 Å². The van der Waals surface area contributed by atoms with E-state index in [1.54, 1.807) is 30.3 Å². The molecule has 1 aromatic heterocycles. The second-order valence-electron chi connectivity index (χ2n) is 7.09. The number of aromatic nitrogens is 1. The van der Waals surface area contributed by atoms with Gasteiger partial charge >= 0.3 is 5.97 Å². The molecule has 1 atom stereocenters. The van der Waals surface area contributed by atoms with Crippen molar-refractivity contribution in [3.63, 3.8) is 0 Å². The summed E-state index contributed by atoms with van der Waals surface area (Å²) in [4.78, 5) is 29.0. The third kappa shape index (κ3) is 5.46. The molecule has 0 bridgehead atoms. The molecular formula is C21H25ClN4O3. The third-order valence-corrected chi connectivity index (χ3v) is 5.35. The first-order valence-corrected chi connectivity index (χ1v) is 9.98. The molecule has 0 aliphatic carbocycles. The minimum atomic E-state index is -0.450. The van der Waals surface area contributed by atoms with E-state index < -0.39 is 5.97 Å². The molecule has 7 nitrogen and oxygen atoms in total. The predicted octanol–water partition coefficient (Wildman–Crippen LogP) is 3.57. The lowest BCUT2D eigenvalue weighted by Gasteiger charge is -2.30. The van der Waals surface area contributed by atoms with E-state index in [0.29, 0.717) is 33.6 Å². The maximum absolute atomic E-state index is 12.9. The summed E-state index contributed by atoms with van der Waals surface area (Å²) in [6.45, 7) is 4.06. The molecule has 0 spiro atoms. The van der Waals surface area contributed by atoms with Crippen LogP contribution >= 0.6 is 11.6 Å². The van der Waals surface area contributed by atoms with Crippen molar-refractivity contribution in [3.05, 3.63) is 52.7 Å². The zero-order chi connectivity index (χ0) is 20.8. The second-order valence-corrected chi connectivity index (χ2v) is 7.52. The summed E-state index contributed by atoms with van der Waals surface area (Å²) in [5, 5.41) is 10.0. The molecule has 3 N–H and O–H groups in total. The zero-order valence-corrected chi connectivity index (χ0v) is 17.3. The van der Waals surface area contributed by atoms with Crippen LogP contribution in [0, 0.1) is 5.92 Å². The molecule has 1 fully saturated rings. The topological polar surface area (TPSA) is 92.4 Å². The fraction of sp³-hybridized carbons (Fsp3) is 0.381. The van der Waals surface area contributed by atoms with Gasteiger partial charge in [-0.2, -0.15) is 0 Å². The number of nitrogens with zero attached hydrogens (tertiary/aromatic N) is 1. The molecule has 3 rings (SSSR count). The number of hydrogen-bond donors (Lipinski definition) is 3. The van der Waals surface area contributed by atoms with Gasteiger partial charge in [-0.3, -0.25) is 4.79 Å². The number of esters is 1.